The van der Waals surface area contributed by atoms with Crippen molar-refractivity contribution >= 4 is 11.6 Å². The number of piperidine rings is 1. The minimum Gasteiger partial charge on any atom is -0.298 e. The number of rotatable bonds is 5. The lowest BCUT2D eigenvalue weighted by Crippen LogP contribution is -2.34. The maximum atomic E-state index is 6.32. The molecule has 1 aromatic carbocycles. The molecule has 3 nitrogen and oxygen atoms in total. The van der Waals surface area contributed by atoms with Gasteiger partial charge >= 0.3 is 0 Å². The summed E-state index contributed by atoms with van der Waals surface area (Å²) in [5.41, 5.74) is 4.70. The molecule has 2 aromatic heterocycles. The van der Waals surface area contributed by atoms with Crippen molar-refractivity contribution in [1.82, 2.24) is 14.9 Å². The van der Waals surface area contributed by atoms with Gasteiger partial charge in [0.05, 0.1) is 0 Å². The monoisotopic (exact) mass is 377 g/mol. The largest absolute Gasteiger partial charge is 0.298 e. The molecule has 0 unspecified atom stereocenters. The topological polar surface area (TPSA) is 29.0 Å². The van der Waals surface area contributed by atoms with Crippen LogP contribution in [0.1, 0.15) is 41.3 Å². The number of aromatic nitrogens is 2. The molecule has 4 rings (SSSR count). The van der Waals surface area contributed by atoms with Crippen molar-refractivity contribution in [1.29, 1.82) is 0 Å². The molecule has 4 heteroatoms. The summed E-state index contributed by atoms with van der Waals surface area (Å²) in [6, 6.07) is 18.6. The van der Waals surface area contributed by atoms with Crippen LogP contribution in [0.5, 0.6) is 0 Å². The van der Waals surface area contributed by atoms with Gasteiger partial charge in [0.1, 0.15) is 0 Å². The Morgan fingerprint density at radius 1 is 1.04 bits per heavy atom. The molecule has 1 saturated heterocycles. The first-order valence-corrected chi connectivity index (χ1v) is 9.96. The van der Waals surface area contributed by atoms with Crippen LogP contribution in [0, 0.1) is 0 Å². The Morgan fingerprint density at radius 3 is 2.81 bits per heavy atom. The Kier molecular flexibility index (Phi) is 5.81. The fourth-order valence-electron chi connectivity index (χ4n) is 3.85. The van der Waals surface area contributed by atoms with Crippen LogP contribution in [-0.2, 0) is 13.0 Å². The second-order valence-corrected chi connectivity index (χ2v) is 7.66. The third-order valence-electron chi connectivity index (χ3n) is 5.21. The lowest BCUT2D eigenvalue weighted by atomic mass is 9.93. The highest BCUT2D eigenvalue weighted by molar-refractivity contribution is 6.31. The molecule has 1 atom stereocenters. The van der Waals surface area contributed by atoms with Crippen LogP contribution < -0.4 is 0 Å². The van der Waals surface area contributed by atoms with E-state index in [2.05, 4.69) is 40.2 Å². The van der Waals surface area contributed by atoms with Crippen LogP contribution in [0.4, 0.5) is 0 Å². The summed E-state index contributed by atoms with van der Waals surface area (Å²) in [6.45, 7) is 3.16. The lowest BCUT2D eigenvalue weighted by Gasteiger charge is -2.32. The van der Waals surface area contributed by atoms with Gasteiger partial charge in [-0.05, 0) is 54.8 Å². The third kappa shape index (κ3) is 4.74. The zero-order valence-electron chi connectivity index (χ0n) is 15.4. The van der Waals surface area contributed by atoms with E-state index in [1.54, 1.807) is 0 Å². The minimum atomic E-state index is 0.488. The van der Waals surface area contributed by atoms with Crippen LogP contribution in [0.2, 0.25) is 5.02 Å². The number of pyridine rings is 2. The number of hydrogen-bond acceptors (Lipinski definition) is 3. The molecule has 0 bridgehead atoms. The summed E-state index contributed by atoms with van der Waals surface area (Å²) < 4.78 is 0. The van der Waals surface area contributed by atoms with Crippen LogP contribution in [-0.4, -0.2) is 28.0 Å². The van der Waals surface area contributed by atoms with Crippen molar-refractivity contribution < 1.29 is 0 Å². The van der Waals surface area contributed by atoms with Gasteiger partial charge in [0.25, 0.3) is 0 Å². The maximum Gasteiger partial charge on any atom is 0.0451 e. The standard InChI is InChI=1S/C23H24ClN3/c24-22-10-2-1-7-19(22)14-21-9-3-11-23(26-21)20-8-5-13-27(17-20)16-18-6-4-12-25-15-18/h1-4,6-7,9-12,15,20H,5,8,13-14,16-17H2/t20-/m0/s1. The molecule has 0 saturated carbocycles. The van der Waals surface area contributed by atoms with Gasteiger partial charge in [0.2, 0.25) is 0 Å². The van der Waals surface area contributed by atoms with Crippen LogP contribution in [0.25, 0.3) is 0 Å². The molecule has 3 aromatic rings. The van der Waals surface area contributed by atoms with Gasteiger partial charge in [-0.25, -0.2) is 0 Å². The summed E-state index contributed by atoms with van der Waals surface area (Å²) in [7, 11) is 0. The molecule has 0 spiro atoms. The Hall–Kier alpha value is -2.23. The summed E-state index contributed by atoms with van der Waals surface area (Å²) in [4.78, 5) is 11.7. The van der Waals surface area contributed by atoms with E-state index in [4.69, 9.17) is 16.6 Å². The van der Waals surface area contributed by atoms with Crippen LogP contribution in [0.3, 0.4) is 0 Å². The Morgan fingerprint density at radius 2 is 1.96 bits per heavy atom. The second kappa shape index (κ2) is 8.64. The summed E-state index contributed by atoms with van der Waals surface area (Å²) in [5.74, 6) is 0.488. The van der Waals surface area contributed by atoms with Gasteiger partial charge in [-0.2, -0.15) is 0 Å². The van der Waals surface area contributed by atoms with Crippen LogP contribution in [0.15, 0.2) is 67.0 Å². The second-order valence-electron chi connectivity index (χ2n) is 7.26. The molecule has 0 radical (unpaired) electrons. The van der Waals surface area contributed by atoms with Gasteiger partial charge in [0.15, 0.2) is 0 Å². The SMILES string of the molecule is Clc1ccccc1Cc1cccc([C@H]2CCCN(Cc3cccnc3)C2)n1. The first-order chi connectivity index (χ1) is 13.3. The zero-order chi connectivity index (χ0) is 18.5. The first kappa shape index (κ1) is 18.1. The highest BCUT2D eigenvalue weighted by atomic mass is 35.5. The molecular weight excluding hydrogens is 354 g/mol. The molecule has 1 aliphatic rings. The van der Waals surface area contributed by atoms with E-state index in [0.717, 1.165) is 42.3 Å². The van der Waals surface area contributed by atoms with Gasteiger partial charge in [-0.15, -0.1) is 0 Å². The van der Waals surface area contributed by atoms with E-state index < -0.39 is 0 Å². The van der Waals surface area contributed by atoms with E-state index in [1.165, 1.54) is 24.1 Å². The van der Waals surface area contributed by atoms with Gasteiger partial charge < -0.3 is 0 Å². The summed E-state index contributed by atoms with van der Waals surface area (Å²) in [6.07, 6.45) is 6.98. The van der Waals surface area contributed by atoms with Crippen molar-refractivity contribution in [3.05, 3.63) is 94.5 Å². The van der Waals surface area contributed by atoms with Crippen molar-refractivity contribution in [3.63, 3.8) is 0 Å². The molecule has 138 valence electrons. The fourth-order valence-corrected chi connectivity index (χ4v) is 4.05. The Bertz CT molecular complexity index is 882. The van der Waals surface area contributed by atoms with E-state index in [1.807, 2.05) is 36.7 Å². The van der Waals surface area contributed by atoms with Crippen LogP contribution >= 0.6 is 11.6 Å². The van der Waals surface area contributed by atoms with E-state index in [0.29, 0.717) is 5.92 Å². The summed E-state index contributed by atoms with van der Waals surface area (Å²) >= 11 is 6.32. The molecule has 1 fully saturated rings. The third-order valence-corrected chi connectivity index (χ3v) is 5.58. The quantitative estimate of drug-likeness (QED) is 0.619. The predicted octanol–water partition coefficient (Wildman–Crippen LogP) is 5.10. The van der Waals surface area contributed by atoms with E-state index in [9.17, 15) is 0 Å². The zero-order valence-corrected chi connectivity index (χ0v) is 16.1. The normalized spacial score (nSPS) is 17.7. The average Bonchev–Trinajstić information content (AvgIpc) is 2.71. The number of nitrogens with zero attached hydrogens (tertiary/aromatic N) is 3. The van der Waals surface area contributed by atoms with Gasteiger partial charge in [-0.1, -0.05) is 41.9 Å². The van der Waals surface area contributed by atoms with Gasteiger partial charge in [0, 0.05) is 54.2 Å². The smallest absolute Gasteiger partial charge is 0.0451 e. The van der Waals surface area contributed by atoms with Crippen molar-refractivity contribution in [2.75, 3.05) is 13.1 Å². The maximum absolute atomic E-state index is 6.32. The number of hydrogen-bond donors (Lipinski definition) is 0. The molecule has 0 amide bonds. The molecule has 27 heavy (non-hydrogen) atoms. The molecule has 0 N–H and O–H groups in total. The summed E-state index contributed by atoms with van der Waals surface area (Å²) in [5, 5.41) is 0.810. The number of halogens is 1. The first-order valence-electron chi connectivity index (χ1n) is 9.58. The van der Waals surface area contributed by atoms with Gasteiger partial charge in [-0.3, -0.25) is 14.9 Å². The molecule has 3 heterocycles. The van der Waals surface area contributed by atoms with Crippen molar-refractivity contribution in [2.24, 2.45) is 0 Å². The fraction of sp³-hybridized carbons (Fsp3) is 0.304. The van der Waals surface area contributed by atoms with E-state index in [-0.39, 0.29) is 0 Å². The number of benzene rings is 1. The minimum absolute atomic E-state index is 0.488. The highest BCUT2D eigenvalue weighted by Crippen LogP contribution is 2.27. The van der Waals surface area contributed by atoms with E-state index >= 15 is 0 Å². The average molecular weight is 378 g/mol. The lowest BCUT2D eigenvalue weighted by molar-refractivity contribution is 0.198. The molecule has 1 aliphatic heterocycles. The molecule has 0 aliphatic carbocycles. The number of likely N-dealkylation sites (tertiary alicyclic amines) is 1. The van der Waals surface area contributed by atoms with Crippen molar-refractivity contribution in [2.45, 2.75) is 31.7 Å². The Labute approximate surface area is 166 Å². The molecular formula is C23H24ClN3. The van der Waals surface area contributed by atoms with Crippen molar-refractivity contribution in [3.8, 4) is 0 Å². The highest BCUT2D eigenvalue weighted by Gasteiger charge is 2.22. The predicted molar refractivity (Wildman–Crippen MR) is 110 cm³/mol. The Balaban J connectivity index is 1.45.